The minimum atomic E-state index is 0.623. The van der Waals surface area contributed by atoms with Crippen molar-refractivity contribution in [2.75, 3.05) is 11.1 Å². The van der Waals surface area contributed by atoms with Crippen molar-refractivity contribution in [1.82, 2.24) is 14.6 Å². The van der Waals surface area contributed by atoms with E-state index in [1.165, 1.54) is 0 Å². The van der Waals surface area contributed by atoms with Crippen molar-refractivity contribution in [2.45, 2.75) is 6.54 Å². The van der Waals surface area contributed by atoms with Crippen LogP contribution in [0.15, 0.2) is 48.7 Å². The van der Waals surface area contributed by atoms with Crippen LogP contribution >= 0.6 is 0 Å². The monoisotopic (exact) mass is 239 g/mol. The van der Waals surface area contributed by atoms with Crippen molar-refractivity contribution < 1.29 is 0 Å². The van der Waals surface area contributed by atoms with Crippen molar-refractivity contribution >= 4 is 17.3 Å². The van der Waals surface area contributed by atoms with Gasteiger partial charge in [-0.3, -0.25) is 0 Å². The topological polar surface area (TPSA) is 68.2 Å². The van der Waals surface area contributed by atoms with Crippen LogP contribution in [0.1, 0.15) is 5.56 Å². The number of hydrogen-bond donors (Lipinski definition) is 2. The highest BCUT2D eigenvalue weighted by molar-refractivity contribution is 5.44. The Bertz CT molecular complexity index is 623. The molecule has 0 unspecified atom stereocenters. The highest BCUT2D eigenvalue weighted by Gasteiger charge is 2.01. The summed E-state index contributed by atoms with van der Waals surface area (Å²) in [6.45, 7) is 0.678. The molecular formula is C13H13N5. The molecule has 2 heterocycles. The number of hydrogen-bond acceptors (Lipinski definition) is 4. The van der Waals surface area contributed by atoms with Gasteiger partial charge < -0.3 is 11.1 Å². The third-order valence-corrected chi connectivity index (χ3v) is 2.67. The maximum atomic E-state index is 5.64. The van der Waals surface area contributed by atoms with E-state index in [2.05, 4.69) is 15.4 Å². The maximum Gasteiger partial charge on any atom is 0.243 e. The average Bonchev–Trinajstić information content (AvgIpc) is 2.81. The van der Waals surface area contributed by atoms with Gasteiger partial charge in [-0.15, -0.1) is 5.10 Å². The number of nitrogens with one attached hydrogen (secondary N) is 1. The first-order chi connectivity index (χ1) is 8.81. The summed E-state index contributed by atoms with van der Waals surface area (Å²) in [5.41, 5.74) is 8.38. The van der Waals surface area contributed by atoms with Crippen LogP contribution in [0.25, 0.3) is 5.65 Å². The third kappa shape index (κ3) is 2.10. The standard InChI is InChI=1S/C13H13N5/c14-11-6-4-10(5-7-11)9-15-13-16-12-3-1-2-8-18(12)17-13/h1-8H,9,14H2,(H,15,17). The fraction of sp³-hybridized carbons (Fsp3) is 0.0769. The molecule has 0 bridgehead atoms. The van der Waals surface area contributed by atoms with Gasteiger partial charge in [-0.1, -0.05) is 18.2 Å². The molecule has 90 valence electrons. The highest BCUT2D eigenvalue weighted by atomic mass is 15.3. The van der Waals surface area contributed by atoms with Gasteiger partial charge in [0.25, 0.3) is 0 Å². The fourth-order valence-electron chi connectivity index (χ4n) is 1.72. The summed E-state index contributed by atoms with van der Waals surface area (Å²) >= 11 is 0. The van der Waals surface area contributed by atoms with E-state index in [9.17, 15) is 0 Å². The SMILES string of the molecule is Nc1ccc(CNc2nc3ccccn3n2)cc1. The Morgan fingerprint density at radius 2 is 1.94 bits per heavy atom. The largest absolute Gasteiger partial charge is 0.399 e. The van der Waals surface area contributed by atoms with Crippen molar-refractivity contribution in [3.05, 3.63) is 54.2 Å². The van der Waals surface area contributed by atoms with E-state index < -0.39 is 0 Å². The summed E-state index contributed by atoms with van der Waals surface area (Å²) in [7, 11) is 0. The van der Waals surface area contributed by atoms with Crippen LogP contribution in [-0.2, 0) is 6.54 Å². The van der Waals surface area contributed by atoms with Gasteiger partial charge in [-0.2, -0.15) is 4.98 Å². The van der Waals surface area contributed by atoms with Gasteiger partial charge in [-0.05, 0) is 29.8 Å². The lowest BCUT2D eigenvalue weighted by Gasteiger charge is -2.02. The van der Waals surface area contributed by atoms with Crippen LogP contribution in [-0.4, -0.2) is 14.6 Å². The number of aromatic nitrogens is 3. The fourth-order valence-corrected chi connectivity index (χ4v) is 1.72. The van der Waals surface area contributed by atoms with Crippen LogP contribution in [0.3, 0.4) is 0 Å². The van der Waals surface area contributed by atoms with E-state index in [-0.39, 0.29) is 0 Å². The van der Waals surface area contributed by atoms with Crippen LogP contribution in [0.2, 0.25) is 0 Å². The molecule has 0 saturated carbocycles. The number of rotatable bonds is 3. The van der Waals surface area contributed by atoms with E-state index in [4.69, 9.17) is 5.73 Å². The molecular weight excluding hydrogens is 226 g/mol. The van der Waals surface area contributed by atoms with Gasteiger partial charge in [0.15, 0.2) is 5.65 Å². The molecule has 0 radical (unpaired) electrons. The second kappa shape index (κ2) is 4.37. The lowest BCUT2D eigenvalue weighted by Crippen LogP contribution is -2.01. The Morgan fingerprint density at radius 1 is 1.11 bits per heavy atom. The predicted molar refractivity (Wildman–Crippen MR) is 71.2 cm³/mol. The number of nitrogens with two attached hydrogens (primary N) is 1. The van der Waals surface area contributed by atoms with E-state index in [0.717, 1.165) is 16.9 Å². The van der Waals surface area contributed by atoms with Crippen LogP contribution in [0, 0.1) is 0 Å². The molecule has 0 aliphatic rings. The molecule has 5 heteroatoms. The zero-order valence-corrected chi connectivity index (χ0v) is 9.74. The van der Waals surface area contributed by atoms with Crippen LogP contribution in [0.5, 0.6) is 0 Å². The first-order valence-corrected chi connectivity index (χ1v) is 5.71. The summed E-state index contributed by atoms with van der Waals surface area (Å²) in [6, 6.07) is 13.5. The minimum absolute atomic E-state index is 0.623. The molecule has 3 aromatic rings. The molecule has 0 saturated heterocycles. The molecule has 0 spiro atoms. The zero-order valence-electron chi connectivity index (χ0n) is 9.74. The van der Waals surface area contributed by atoms with Crippen molar-refractivity contribution in [2.24, 2.45) is 0 Å². The molecule has 0 fully saturated rings. The molecule has 18 heavy (non-hydrogen) atoms. The Balaban J connectivity index is 1.74. The molecule has 5 nitrogen and oxygen atoms in total. The number of nitrogens with zero attached hydrogens (tertiary/aromatic N) is 3. The Labute approximate surface area is 104 Å². The number of benzene rings is 1. The summed E-state index contributed by atoms with van der Waals surface area (Å²) in [4.78, 5) is 4.36. The first-order valence-electron chi connectivity index (χ1n) is 5.71. The maximum absolute atomic E-state index is 5.64. The van der Waals surface area contributed by atoms with Gasteiger partial charge in [0, 0.05) is 18.4 Å². The molecule has 0 aliphatic carbocycles. The molecule has 1 aromatic carbocycles. The van der Waals surface area contributed by atoms with Gasteiger partial charge in [0.2, 0.25) is 5.95 Å². The van der Waals surface area contributed by atoms with Gasteiger partial charge in [0.05, 0.1) is 0 Å². The quantitative estimate of drug-likeness (QED) is 0.685. The van der Waals surface area contributed by atoms with Gasteiger partial charge in [0.1, 0.15) is 0 Å². The lowest BCUT2D eigenvalue weighted by molar-refractivity contribution is 0.950. The highest BCUT2D eigenvalue weighted by Crippen LogP contribution is 2.09. The van der Waals surface area contributed by atoms with E-state index >= 15 is 0 Å². The molecule has 2 aromatic heterocycles. The summed E-state index contributed by atoms with van der Waals surface area (Å²) in [5.74, 6) is 0.623. The lowest BCUT2D eigenvalue weighted by atomic mass is 10.2. The normalized spacial score (nSPS) is 10.7. The second-order valence-electron chi connectivity index (χ2n) is 4.03. The predicted octanol–water partition coefficient (Wildman–Crippen LogP) is 1.92. The van der Waals surface area contributed by atoms with Gasteiger partial charge in [-0.25, -0.2) is 4.52 Å². The molecule has 0 atom stereocenters. The van der Waals surface area contributed by atoms with E-state index in [1.807, 2.05) is 48.7 Å². The summed E-state index contributed by atoms with van der Waals surface area (Å²) in [5, 5.41) is 7.50. The Hall–Kier alpha value is -2.56. The average molecular weight is 239 g/mol. The second-order valence-corrected chi connectivity index (χ2v) is 4.03. The van der Waals surface area contributed by atoms with Crippen molar-refractivity contribution in [3.63, 3.8) is 0 Å². The van der Waals surface area contributed by atoms with Crippen molar-refractivity contribution in [3.8, 4) is 0 Å². The number of anilines is 2. The molecule has 0 aliphatic heterocycles. The summed E-state index contributed by atoms with van der Waals surface area (Å²) in [6.07, 6.45) is 1.87. The number of fused-ring (bicyclic) bond motifs is 1. The Kier molecular flexibility index (Phi) is 2.57. The number of pyridine rings is 1. The minimum Gasteiger partial charge on any atom is -0.399 e. The molecule has 3 rings (SSSR count). The Morgan fingerprint density at radius 3 is 2.72 bits per heavy atom. The van der Waals surface area contributed by atoms with Crippen LogP contribution in [0.4, 0.5) is 11.6 Å². The zero-order chi connectivity index (χ0) is 12.4. The van der Waals surface area contributed by atoms with Crippen LogP contribution < -0.4 is 11.1 Å². The molecule has 0 amide bonds. The van der Waals surface area contributed by atoms with E-state index in [1.54, 1.807) is 4.52 Å². The third-order valence-electron chi connectivity index (χ3n) is 2.67. The molecule has 3 N–H and O–H groups in total. The number of nitrogen functional groups attached to an aromatic ring is 1. The van der Waals surface area contributed by atoms with Crippen molar-refractivity contribution in [1.29, 1.82) is 0 Å². The van der Waals surface area contributed by atoms with E-state index in [0.29, 0.717) is 12.5 Å². The van der Waals surface area contributed by atoms with Gasteiger partial charge >= 0.3 is 0 Å². The first kappa shape index (κ1) is 10.6. The smallest absolute Gasteiger partial charge is 0.243 e. The summed E-state index contributed by atoms with van der Waals surface area (Å²) < 4.78 is 1.74.